The van der Waals surface area contributed by atoms with Crippen LogP contribution in [0.4, 0.5) is 0 Å². The minimum Gasteiger partial charge on any atom is -0.481 e. The third-order valence-corrected chi connectivity index (χ3v) is 2.67. The highest BCUT2D eigenvalue weighted by Crippen LogP contribution is 2.19. The van der Waals surface area contributed by atoms with Crippen molar-refractivity contribution in [2.45, 2.75) is 20.3 Å². The molecule has 1 heterocycles. The van der Waals surface area contributed by atoms with Gasteiger partial charge in [0.2, 0.25) is 11.8 Å². The number of hydrogen-bond donors (Lipinski definition) is 1. The highest BCUT2D eigenvalue weighted by Gasteiger charge is 2.16. The van der Waals surface area contributed by atoms with Gasteiger partial charge in [-0.15, -0.1) is 10.2 Å². The van der Waals surface area contributed by atoms with Crippen molar-refractivity contribution in [2.75, 3.05) is 0 Å². The van der Waals surface area contributed by atoms with Crippen molar-refractivity contribution in [3.05, 3.63) is 35.7 Å². The highest BCUT2D eigenvalue weighted by atomic mass is 16.4. The van der Waals surface area contributed by atoms with Gasteiger partial charge in [-0.05, 0) is 19.1 Å². The molecule has 0 aliphatic heterocycles. The van der Waals surface area contributed by atoms with Crippen LogP contribution in [0.2, 0.25) is 0 Å². The predicted molar refractivity (Wildman–Crippen MR) is 65.0 cm³/mol. The molecule has 94 valence electrons. The van der Waals surface area contributed by atoms with Gasteiger partial charge in [0.1, 0.15) is 0 Å². The van der Waals surface area contributed by atoms with Gasteiger partial charge in [-0.1, -0.05) is 24.6 Å². The fourth-order valence-electron chi connectivity index (χ4n) is 1.50. The van der Waals surface area contributed by atoms with Gasteiger partial charge in [0, 0.05) is 12.0 Å². The Bertz CT molecular complexity index is 546. The summed E-state index contributed by atoms with van der Waals surface area (Å²) in [4.78, 5) is 10.7. The molecule has 1 aromatic carbocycles. The maximum Gasteiger partial charge on any atom is 0.306 e. The molecule has 0 spiro atoms. The standard InChI is InChI=1S/C13H14N2O3/c1-8-3-5-10(6-4-8)12-15-14-11(18-12)7-9(2)13(16)17/h3-6,9H,7H2,1-2H3,(H,16,17). The molecule has 18 heavy (non-hydrogen) atoms. The normalized spacial score (nSPS) is 12.3. The summed E-state index contributed by atoms with van der Waals surface area (Å²) in [5.41, 5.74) is 1.99. The monoisotopic (exact) mass is 246 g/mol. The zero-order chi connectivity index (χ0) is 13.1. The molecule has 5 heteroatoms. The lowest BCUT2D eigenvalue weighted by Gasteiger charge is -2.00. The van der Waals surface area contributed by atoms with Crippen LogP contribution in [0.3, 0.4) is 0 Å². The van der Waals surface area contributed by atoms with Gasteiger partial charge in [0.05, 0.1) is 5.92 Å². The first-order valence-corrected chi connectivity index (χ1v) is 5.68. The Kier molecular flexibility index (Phi) is 3.41. The Morgan fingerprint density at radius 3 is 2.61 bits per heavy atom. The van der Waals surface area contributed by atoms with Crippen LogP contribution in [0.25, 0.3) is 11.5 Å². The Morgan fingerprint density at radius 2 is 2.00 bits per heavy atom. The van der Waals surface area contributed by atoms with Crippen LogP contribution in [-0.4, -0.2) is 21.3 Å². The molecule has 2 rings (SSSR count). The van der Waals surface area contributed by atoms with E-state index in [2.05, 4.69) is 10.2 Å². The quantitative estimate of drug-likeness (QED) is 0.895. The van der Waals surface area contributed by atoms with Gasteiger partial charge >= 0.3 is 5.97 Å². The van der Waals surface area contributed by atoms with E-state index >= 15 is 0 Å². The first-order chi connectivity index (χ1) is 8.56. The van der Waals surface area contributed by atoms with Crippen molar-refractivity contribution in [2.24, 2.45) is 5.92 Å². The van der Waals surface area contributed by atoms with Gasteiger partial charge in [0.15, 0.2) is 0 Å². The highest BCUT2D eigenvalue weighted by molar-refractivity contribution is 5.69. The number of carbonyl (C=O) groups is 1. The van der Waals surface area contributed by atoms with E-state index in [-0.39, 0.29) is 6.42 Å². The van der Waals surface area contributed by atoms with E-state index in [1.807, 2.05) is 31.2 Å². The third-order valence-electron chi connectivity index (χ3n) is 2.67. The molecule has 0 aliphatic carbocycles. The number of benzene rings is 1. The van der Waals surface area contributed by atoms with Gasteiger partial charge < -0.3 is 9.52 Å². The van der Waals surface area contributed by atoms with Crippen LogP contribution >= 0.6 is 0 Å². The third kappa shape index (κ3) is 2.74. The fourth-order valence-corrected chi connectivity index (χ4v) is 1.50. The minimum atomic E-state index is -0.870. The number of aromatic nitrogens is 2. The predicted octanol–water partition coefficient (Wildman–Crippen LogP) is 2.31. The Hall–Kier alpha value is -2.17. The molecule has 1 atom stereocenters. The van der Waals surface area contributed by atoms with Crippen LogP contribution in [0.5, 0.6) is 0 Å². The zero-order valence-corrected chi connectivity index (χ0v) is 10.3. The first kappa shape index (κ1) is 12.3. The summed E-state index contributed by atoms with van der Waals surface area (Å²) in [5.74, 6) is -0.635. The largest absolute Gasteiger partial charge is 0.481 e. The molecule has 1 N–H and O–H groups in total. The summed E-state index contributed by atoms with van der Waals surface area (Å²) in [5, 5.41) is 16.6. The van der Waals surface area contributed by atoms with Crippen molar-refractivity contribution < 1.29 is 14.3 Å². The van der Waals surface area contributed by atoms with Crippen molar-refractivity contribution in [3.63, 3.8) is 0 Å². The van der Waals surface area contributed by atoms with Crippen molar-refractivity contribution >= 4 is 5.97 Å². The van der Waals surface area contributed by atoms with Crippen LogP contribution in [0.15, 0.2) is 28.7 Å². The van der Waals surface area contributed by atoms with Gasteiger partial charge in [-0.3, -0.25) is 4.79 Å². The van der Waals surface area contributed by atoms with Gasteiger partial charge in [-0.25, -0.2) is 0 Å². The number of rotatable bonds is 4. The summed E-state index contributed by atoms with van der Waals surface area (Å²) in [6.45, 7) is 3.61. The lowest BCUT2D eigenvalue weighted by Crippen LogP contribution is -2.12. The maximum absolute atomic E-state index is 10.7. The SMILES string of the molecule is Cc1ccc(-c2nnc(CC(C)C(=O)O)o2)cc1. The number of aryl methyl sites for hydroxylation is 1. The summed E-state index contributed by atoms with van der Waals surface area (Å²) in [6, 6.07) is 7.71. The molecule has 5 nitrogen and oxygen atoms in total. The number of hydrogen-bond acceptors (Lipinski definition) is 4. The van der Waals surface area contributed by atoms with Gasteiger partial charge in [0.25, 0.3) is 0 Å². The first-order valence-electron chi connectivity index (χ1n) is 5.68. The topological polar surface area (TPSA) is 76.2 Å². The Balaban J connectivity index is 2.15. The molecular formula is C13H14N2O3. The lowest BCUT2D eigenvalue weighted by atomic mass is 10.1. The van der Waals surface area contributed by atoms with E-state index in [9.17, 15) is 4.79 Å². The van der Waals surface area contributed by atoms with E-state index in [1.54, 1.807) is 6.92 Å². The van der Waals surface area contributed by atoms with E-state index in [0.717, 1.165) is 11.1 Å². The smallest absolute Gasteiger partial charge is 0.306 e. The molecule has 0 saturated carbocycles. The second-order valence-electron chi connectivity index (χ2n) is 4.31. The van der Waals surface area contributed by atoms with Crippen molar-refractivity contribution in [1.82, 2.24) is 10.2 Å². The average molecular weight is 246 g/mol. The number of aliphatic carboxylic acids is 1. The van der Waals surface area contributed by atoms with Crippen LogP contribution in [0, 0.1) is 12.8 Å². The summed E-state index contributed by atoms with van der Waals surface area (Å²) >= 11 is 0. The van der Waals surface area contributed by atoms with Gasteiger partial charge in [-0.2, -0.15) is 0 Å². The lowest BCUT2D eigenvalue weighted by molar-refractivity contribution is -0.141. The summed E-state index contributed by atoms with van der Waals surface area (Å²) in [7, 11) is 0. The number of carboxylic acid groups (broad SMARTS) is 1. The van der Waals surface area contributed by atoms with Crippen molar-refractivity contribution in [1.29, 1.82) is 0 Å². The molecule has 0 radical (unpaired) electrons. The second-order valence-corrected chi connectivity index (χ2v) is 4.31. The zero-order valence-electron chi connectivity index (χ0n) is 10.3. The second kappa shape index (κ2) is 5.00. The minimum absolute atomic E-state index is 0.244. The average Bonchev–Trinajstić information content (AvgIpc) is 2.78. The van der Waals surface area contributed by atoms with E-state index in [1.165, 1.54) is 0 Å². The molecule has 1 unspecified atom stereocenters. The van der Waals surface area contributed by atoms with E-state index in [0.29, 0.717) is 11.8 Å². The van der Waals surface area contributed by atoms with Crippen LogP contribution in [0.1, 0.15) is 18.4 Å². The Morgan fingerprint density at radius 1 is 1.33 bits per heavy atom. The van der Waals surface area contributed by atoms with Crippen LogP contribution < -0.4 is 0 Å². The molecule has 0 saturated heterocycles. The summed E-state index contributed by atoms with van der Waals surface area (Å²) in [6.07, 6.45) is 0.244. The number of carboxylic acids is 1. The maximum atomic E-state index is 10.7. The summed E-state index contributed by atoms with van der Waals surface area (Å²) < 4.78 is 5.44. The molecule has 0 bridgehead atoms. The van der Waals surface area contributed by atoms with E-state index in [4.69, 9.17) is 9.52 Å². The molecule has 1 aromatic heterocycles. The van der Waals surface area contributed by atoms with Crippen LogP contribution in [-0.2, 0) is 11.2 Å². The molecular weight excluding hydrogens is 232 g/mol. The fraction of sp³-hybridized carbons (Fsp3) is 0.308. The molecule has 0 fully saturated rings. The number of nitrogens with zero attached hydrogens (tertiary/aromatic N) is 2. The molecule has 2 aromatic rings. The van der Waals surface area contributed by atoms with Crippen molar-refractivity contribution in [3.8, 4) is 11.5 Å². The molecule has 0 aliphatic rings. The Labute approximate surface area is 104 Å². The molecule has 0 amide bonds. The van der Waals surface area contributed by atoms with E-state index < -0.39 is 11.9 Å².